The van der Waals surface area contributed by atoms with Gasteiger partial charge in [-0.2, -0.15) is 5.10 Å². The van der Waals surface area contributed by atoms with Crippen LogP contribution in [0.5, 0.6) is 0 Å². The summed E-state index contributed by atoms with van der Waals surface area (Å²) >= 11 is 0. The van der Waals surface area contributed by atoms with Gasteiger partial charge in [-0.05, 0) is 43.5 Å². The first-order valence-corrected chi connectivity index (χ1v) is 12.0. The van der Waals surface area contributed by atoms with Gasteiger partial charge in [0, 0.05) is 24.3 Å². The number of benzene rings is 1. The van der Waals surface area contributed by atoms with Crippen LogP contribution in [0.1, 0.15) is 55.2 Å². The van der Waals surface area contributed by atoms with Crippen LogP contribution >= 0.6 is 0 Å². The highest BCUT2D eigenvalue weighted by Crippen LogP contribution is 2.17. The highest BCUT2D eigenvalue weighted by molar-refractivity contribution is 7.90. The van der Waals surface area contributed by atoms with Crippen LogP contribution in [0.2, 0.25) is 0 Å². The summed E-state index contributed by atoms with van der Waals surface area (Å²) in [5.74, 6) is -0.869. The lowest BCUT2D eigenvalue weighted by Crippen LogP contribution is -2.30. The fourth-order valence-corrected chi connectivity index (χ4v) is 4.31. The molecule has 1 amide bonds. The minimum absolute atomic E-state index is 0.000724. The molecule has 3 N–H and O–H groups in total. The molecule has 11 heteroatoms. The third-order valence-corrected chi connectivity index (χ3v) is 6.13. The Morgan fingerprint density at radius 1 is 1.19 bits per heavy atom. The van der Waals surface area contributed by atoms with Gasteiger partial charge in [0.15, 0.2) is 12.3 Å². The number of sulfonamides is 1. The van der Waals surface area contributed by atoms with Gasteiger partial charge in [-0.15, -0.1) is 0 Å². The van der Waals surface area contributed by atoms with Gasteiger partial charge in [0.05, 0.1) is 4.90 Å². The van der Waals surface area contributed by atoms with Crippen LogP contribution in [0.3, 0.4) is 0 Å². The lowest BCUT2D eigenvalue weighted by atomic mass is 10.2. The van der Waals surface area contributed by atoms with Crippen molar-refractivity contribution in [3.63, 3.8) is 0 Å². The Labute approximate surface area is 186 Å². The maximum Gasteiger partial charge on any atom is 0.359 e. The number of nitrogens with one attached hydrogen (secondary N) is 3. The Kier molecular flexibility index (Phi) is 7.98. The zero-order chi connectivity index (χ0) is 23.0. The molecule has 3 rings (SSSR count). The van der Waals surface area contributed by atoms with Crippen molar-refractivity contribution in [2.75, 3.05) is 18.5 Å². The van der Waals surface area contributed by atoms with Crippen LogP contribution in [0.15, 0.2) is 40.2 Å². The number of anilines is 1. The smallest absolute Gasteiger partial charge is 0.359 e. The van der Waals surface area contributed by atoms with E-state index in [-0.39, 0.29) is 16.3 Å². The van der Waals surface area contributed by atoms with Gasteiger partial charge in [0.25, 0.3) is 15.9 Å². The van der Waals surface area contributed by atoms with E-state index in [0.717, 1.165) is 37.8 Å². The summed E-state index contributed by atoms with van der Waals surface area (Å²) < 4.78 is 32.9. The molecule has 32 heavy (non-hydrogen) atoms. The SMILES string of the molecule is CCCc1cc(C(=O)OCC(=O)Nc2cccc(S(=O)(=O)NC3=NCCCCC3)c2)n[nH]1. The molecule has 0 atom stereocenters. The Morgan fingerprint density at radius 2 is 2.03 bits per heavy atom. The summed E-state index contributed by atoms with van der Waals surface area (Å²) in [6.45, 7) is 2.08. The minimum Gasteiger partial charge on any atom is -0.451 e. The molecular weight excluding hydrogens is 434 g/mol. The van der Waals surface area contributed by atoms with Gasteiger partial charge in [0.1, 0.15) is 5.84 Å². The van der Waals surface area contributed by atoms with Gasteiger partial charge in [-0.3, -0.25) is 19.6 Å². The molecule has 0 saturated heterocycles. The fraction of sp³-hybridized carbons (Fsp3) is 0.429. The molecule has 2 heterocycles. The van der Waals surface area contributed by atoms with Crippen molar-refractivity contribution in [3.8, 4) is 0 Å². The maximum absolute atomic E-state index is 12.7. The minimum atomic E-state index is -3.83. The van der Waals surface area contributed by atoms with Crippen molar-refractivity contribution in [1.29, 1.82) is 0 Å². The van der Waals surface area contributed by atoms with Crippen LogP contribution in [-0.4, -0.2) is 49.5 Å². The zero-order valence-corrected chi connectivity index (χ0v) is 18.7. The second-order valence-corrected chi connectivity index (χ2v) is 9.11. The number of ether oxygens (including phenoxy) is 1. The second-order valence-electron chi connectivity index (χ2n) is 7.43. The van der Waals surface area contributed by atoms with E-state index in [1.807, 2.05) is 6.92 Å². The Morgan fingerprint density at radius 3 is 2.84 bits per heavy atom. The number of aromatic amines is 1. The van der Waals surface area contributed by atoms with E-state index in [2.05, 4.69) is 25.2 Å². The standard InChI is InChI=1S/C21H27N5O5S/c1-2-7-16-13-18(25-24-16)21(28)31-14-20(27)23-15-8-6-9-17(12-15)32(29,30)26-19-10-4-3-5-11-22-19/h6,8-9,12-13H,2-5,7,10-11,14H2,1H3,(H,22,26)(H,23,27)(H,24,25). The quantitative estimate of drug-likeness (QED) is 0.515. The Bertz CT molecular complexity index is 1090. The molecular formula is C21H27N5O5S. The van der Waals surface area contributed by atoms with Crippen LogP contribution in [0, 0.1) is 0 Å². The number of H-pyrrole nitrogens is 1. The van der Waals surface area contributed by atoms with Crippen molar-refractivity contribution >= 4 is 33.4 Å². The first kappa shape index (κ1) is 23.5. The third-order valence-electron chi connectivity index (χ3n) is 4.75. The lowest BCUT2D eigenvalue weighted by molar-refractivity contribution is -0.119. The topological polar surface area (TPSA) is 143 Å². The molecule has 2 aromatic rings. The number of esters is 1. The molecule has 1 aromatic heterocycles. The van der Waals surface area contributed by atoms with E-state index in [9.17, 15) is 18.0 Å². The van der Waals surface area contributed by atoms with Crippen molar-refractivity contribution in [1.82, 2.24) is 14.9 Å². The summed E-state index contributed by atoms with van der Waals surface area (Å²) in [6, 6.07) is 7.42. The summed E-state index contributed by atoms with van der Waals surface area (Å²) in [6.07, 6.45) is 5.07. The monoisotopic (exact) mass is 461 g/mol. The van der Waals surface area contributed by atoms with Crippen LogP contribution in [0.4, 0.5) is 5.69 Å². The van der Waals surface area contributed by atoms with Crippen LogP contribution < -0.4 is 10.0 Å². The first-order chi connectivity index (χ1) is 15.4. The molecule has 0 bridgehead atoms. The third kappa shape index (κ3) is 6.64. The number of aryl methyl sites for hydroxylation is 1. The van der Waals surface area contributed by atoms with E-state index >= 15 is 0 Å². The summed E-state index contributed by atoms with van der Waals surface area (Å²) in [5.41, 5.74) is 1.17. The predicted octanol–water partition coefficient (Wildman–Crippen LogP) is 2.41. The largest absolute Gasteiger partial charge is 0.451 e. The highest BCUT2D eigenvalue weighted by atomic mass is 32.2. The second kappa shape index (κ2) is 10.9. The molecule has 0 fully saturated rings. The number of carbonyl (C=O) groups is 2. The Hall–Kier alpha value is -3.21. The van der Waals surface area contributed by atoms with Gasteiger partial charge < -0.3 is 10.1 Å². The number of amidine groups is 1. The lowest BCUT2D eigenvalue weighted by Gasteiger charge is -2.11. The van der Waals surface area contributed by atoms with E-state index < -0.39 is 28.5 Å². The van der Waals surface area contributed by atoms with Crippen molar-refractivity contribution < 1.29 is 22.7 Å². The van der Waals surface area contributed by atoms with E-state index in [1.165, 1.54) is 18.2 Å². The number of rotatable bonds is 8. The molecule has 1 aromatic carbocycles. The van der Waals surface area contributed by atoms with Gasteiger partial charge in [0.2, 0.25) is 0 Å². The molecule has 1 aliphatic rings. The summed E-state index contributed by atoms with van der Waals surface area (Å²) in [4.78, 5) is 28.5. The van der Waals surface area contributed by atoms with E-state index in [4.69, 9.17) is 4.74 Å². The average Bonchev–Trinajstić information content (AvgIpc) is 3.09. The number of hydrogen-bond acceptors (Lipinski definition) is 7. The van der Waals surface area contributed by atoms with Gasteiger partial charge in [-0.1, -0.05) is 25.8 Å². The first-order valence-electron chi connectivity index (χ1n) is 10.5. The van der Waals surface area contributed by atoms with E-state index in [1.54, 1.807) is 12.1 Å². The molecule has 0 radical (unpaired) electrons. The average molecular weight is 462 g/mol. The van der Waals surface area contributed by atoms with Crippen molar-refractivity contribution in [2.24, 2.45) is 4.99 Å². The predicted molar refractivity (Wildman–Crippen MR) is 119 cm³/mol. The van der Waals surface area contributed by atoms with Crippen LogP contribution in [-0.2, 0) is 26.0 Å². The maximum atomic E-state index is 12.7. The fourth-order valence-electron chi connectivity index (χ4n) is 3.18. The molecule has 10 nitrogen and oxygen atoms in total. The summed E-state index contributed by atoms with van der Waals surface area (Å²) in [5, 5.41) is 9.15. The number of aliphatic imine (C=N–C) groups is 1. The number of hydrogen-bond donors (Lipinski definition) is 3. The normalized spacial score (nSPS) is 14.2. The number of amides is 1. The number of nitrogens with zero attached hydrogens (tertiary/aromatic N) is 2. The number of aromatic nitrogens is 2. The summed E-state index contributed by atoms with van der Waals surface area (Å²) in [7, 11) is -3.83. The van der Waals surface area contributed by atoms with Crippen molar-refractivity contribution in [3.05, 3.63) is 41.7 Å². The van der Waals surface area contributed by atoms with Gasteiger partial charge in [-0.25, -0.2) is 13.2 Å². The molecule has 0 saturated carbocycles. The molecule has 0 unspecified atom stereocenters. The molecule has 172 valence electrons. The van der Waals surface area contributed by atoms with Gasteiger partial charge >= 0.3 is 5.97 Å². The Balaban J connectivity index is 1.56. The molecule has 0 aliphatic carbocycles. The highest BCUT2D eigenvalue weighted by Gasteiger charge is 2.19. The van der Waals surface area contributed by atoms with Crippen molar-refractivity contribution in [2.45, 2.75) is 50.3 Å². The van der Waals surface area contributed by atoms with E-state index in [0.29, 0.717) is 18.8 Å². The number of carbonyl (C=O) groups excluding carboxylic acids is 2. The molecule has 0 spiro atoms. The van der Waals surface area contributed by atoms with Crippen LogP contribution in [0.25, 0.3) is 0 Å². The zero-order valence-electron chi connectivity index (χ0n) is 17.9. The molecule has 1 aliphatic heterocycles.